The van der Waals surface area contributed by atoms with E-state index in [0.29, 0.717) is 12.8 Å². The summed E-state index contributed by atoms with van der Waals surface area (Å²) in [5, 5.41) is 12.1. The first kappa shape index (κ1) is 14.5. The summed E-state index contributed by atoms with van der Waals surface area (Å²) in [6, 6.07) is 3.56. The number of amides is 1. The predicted molar refractivity (Wildman–Crippen MR) is 73.9 cm³/mol. The Bertz CT molecular complexity index is 475. The molecule has 3 atom stereocenters. The molecule has 0 spiro atoms. The van der Waals surface area contributed by atoms with Crippen molar-refractivity contribution in [2.45, 2.75) is 38.6 Å². The minimum atomic E-state index is -0.860. The summed E-state index contributed by atoms with van der Waals surface area (Å²) in [6.07, 6.45) is 6.42. The topological polar surface area (TPSA) is 79.3 Å². The number of nitrogens with zero attached hydrogens (tertiary/aromatic N) is 1. The number of pyridine rings is 1. The average molecular weight is 276 g/mol. The highest BCUT2D eigenvalue weighted by Gasteiger charge is 2.36. The second-order valence-corrected chi connectivity index (χ2v) is 5.35. The third kappa shape index (κ3) is 3.35. The Labute approximate surface area is 118 Å². The van der Waals surface area contributed by atoms with Crippen molar-refractivity contribution >= 4 is 11.9 Å². The Morgan fingerprint density at radius 2 is 1.85 bits per heavy atom. The van der Waals surface area contributed by atoms with Gasteiger partial charge in [-0.05, 0) is 37.5 Å². The Morgan fingerprint density at radius 1 is 1.25 bits per heavy atom. The summed E-state index contributed by atoms with van der Waals surface area (Å²) in [4.78, 5) is 27.5. The lowest BCUT2D eigenvalue weighted by Crippen LogP contribution is -2.40. The molecule has 1 fully saturated rings. The van der Waals surface area contributed by atoms with Crippen molar-refractivity contribution in [2.24, 2.45) is 11.8 Å². The molecule has 2 rings (SSSR count). The highest BCUT2D eigenvalue weighted by molar-refractivity contribution is 5.85. The molecule has 0 aliphatic heterocycles. The van der Waals surface area contributed by atoms with Crippen LogP contribution in [0.3, 0.4) is 0 Å². The monoisotopic (exact) mass is 276 g/mol. The Hall–Kier alpha value is -1.91. The number of carboxylic acids is 1. The van der Waals surface area contributed by atoms with Gasteiger partial charge in [-0.25, -0.2) is 0 Å². The molecule has 108 valence electrons. The molecule has 1 amide bonds. The van der Waals surface area contributed by atoms with Gasteiger partial charge in [-0.15, -0.1) is 0 Å². The van der Waals surface area contributed by atoms with E-state index < -0.39 is 17.8 Å². The summed E-state index contributed by atoms with van der Waals surface area (Å²) in [5.41, 5.74) is 0.969. The molecule has 5 heteroatoms. The zero-order valence-corrected chi connectivity index (χ0v) is 11.6. The van der Waals surface area contributed by atoms with Crippen LogP contribution in [0.5, 0.6) is 0 Å². The molecule has 0 saturated heterocycles. The van der Waals surface area contributed by atoms with Crippen LogP contribution in [-0.4, -0.2) is 22.0 Å². The lowest BCUT2D eigenvalue weighted by molar-refractivity contribution is -0.149. The summed E-state index contributed by atoms with van der Waals surface area (Å²) < 4.78 is 0. The van der Waals surface area contributed by atoms with Crippen molar-refractivity contribution in [1.29, 1.82) is 0 Å². The zero-order chi connectivity index (χ0) is 14.5. The van der Waals surface area contributed by atoms with Crippen LogP contribution in [0.15, 0.2) is 24.5 Å². The fourth-order valence-electron chi connectivity index (χ4n) is 2.80. The van der Waals surface area contributed by atoms with E-state index in [2.05, 4.69) is 10.3 Å². The predicted octanol–water partition coefficient (Wildman–Crippen LogP) is 2.15. The van der Waals surface area contributed by atoms with Gasteiger partial charge in [0.15, 0.2) is 0 Å². The van der Waals surface area contributed by atoms with E-state index in [1.165, 1.54) is 0 Å². The molecule has 1 heterocycles. The Balaban J connectivity index is 2.01. The number of carboxylic acid groups (broad SMARTS) is 1. The smallest absolute Gasteiger partial charge is 0.307 e. The Morgan fingerprint density at radius 3 is 2.45 bits per heavy atom. The first-order valence-electron chi connectivity index (χ1n) is 7.02. The largest absolute Gasteiger partial charge is 0.481 e. The van der Waals surface area contributed by atoms with Crippen LogP contribution in [0.1, 0.15) is 44.2 Å². The van der Waals surface area contributed by atoms with Gasteiger partial charge in [-0.2, -0.15) is 0 Å². The molecular formula is C15H20N2O3. The van der Waals surface area contributed by atoms with Gasteiger partial charge in [0.25, 0.3) is 0 Å². The van der Waals surface area contributed by atoms with Crippen molar-refractivity contribution in [2.75, 3.05) is 0 Å². The molecule has 2 N–H and O–H groups in total. The van der Waals surface area contributed by atoms with Crippen LogP contribution < -0.4 is 5.32 Å². The van der Waals surface area contributed by atoms with E-state index in [1.807, 2.05) is 19.1 Å². The van der Waals surface area contributed by atoms with Crippen molar-refractivity contribution in [3.63, 3.8) is 0 Å². The van der Waals surface area contributed by atoms with Crippen LogP contribution in [-0.2, 0) is 9.59 Å². The molecule has 0 aromatic carbocycles. The van der Waals surface area contributed by atoms with Crippen LogP contribution in [0.2, 0.25) is 0 Å². The zero-order valence-electron chi connectivity index (χ0n) is 11.6. The fourth-order valence-corrected chi connectivity index (χ4v) is 2.80. The first-order valence-corrected chi connectivity index (χ1v) is 7.02. The number of aliphatic carboxylic acids is 1. The van der Waals surface area contributed by atoms with E-state index in [4.69, 9.17) is 0 Å². The second-order valence-electron chi connectivity index (χ2n) is 5.35. The molecule has 5 nitrogen and oxygen atoms in total. The molecule has 2 unspecified atom stereocenters. The van der Waals surface area contributed by atoms with Crippen molar-refractivity contribution in [1.82, 2.24) is 10.3 Å². The number of rotatable bonds is 4. The van der Waals surface area contributed by atoms with Gasteiger partial charge in [-0.3, -0.25) is 14.6 Å². The van der Waals surface area contributed by atoms with Gasteiger partial charge in [0.2, 0.25) is 5.91 Å². The van der Waals surface area contributed by atoms with Crippen LogP contribution in [0, 0.1) is 11.8 Å². The molecule has 1 aromatic heterocycles. The normalized spacial score (nSPS) is 23.9. The van der Waals surface area contributed by atoms with Crippen LogP contribution in [0.4, 0.5) is 0 Å². The standard InChI is InChI=1S/C15H20N2O3/c1-10(11-6-8-16-9-7-11)17-14(18)12-4-2-3-5-13(12)15(19)20/h6-10,12-13H,2-5H2,1H3,(H,17,18)(H,19,20)/t10-,12?,13?/m0/s1. The average Bonchev–Trinajstić information content (AvgIpc) is 2.48. The van der Waals surface area contributed by atoms with Gasteiger partial charge in [0.1, 0.15) is 0 Å². The van der Waals surface area contributed by atoms with Crippen LogP contribution >= 0.6 is 0 Å². The molecule has 1 aliphatic carbocycles. The van der Waals surface area contributed by atoms with Gasteiger partial charge in [-0.1, -0.05) is 12.8 Å². The lowest BCUT2D eigenvalue weighted by atomic mass is 9.78. The molecule has 0 radical (unpaired) electrons. The fraction of sp³-hybridized carbons (Fsp3) is 0.533. The number of hydrogen-bond acceptors (Lipinski definition) is 3. The maximum Gasteiger partial charge on any atom is 0.307 e. The number of carbonyl (C=O) groups excluding carboxylic acids is 1. The lowest BCUT2D eigenvalue weighted by Gasteiger charge is -2.28. The Kier molecular flexibility index (Phi) is 4.71. The number of carbonyl (C=O) groups is 2. The number of hydrogen-bond donors (Lipinski definition) is 2. The third-order valence-electron chi connectivity index (χ3n) is 3.98. The SMILES string of the molecule is C[C@H](NC(=O)C1CCCCC1C(=O)O)c1ccncc1. The maximum atomic E-state index is 12.3. The summed E-state index contributed by atoms with van der Waals surface area (Å²) >= 11 is 0. The molecule has 1 saturated carbocycles. The van der Waals surface area contributed by atoms with Gasteiger partial charge in [0, 0.05) is 12.4 Å². The van der Waals surface area contributed by atoms with E-state index in [9.17, 15) is 14.7 Å². The second kappa shape index (κ2) is 6.50. The minimum Gasteiger partial charge on any atom is -0.481 e. The first-order chi connectivity index (χ1) is 9.59. The van der Waals surface area contributed by atoms with E-state index in [-0.39, 0.29) is 11.9 Å². The van der Waals surface area contributed by atoms with Crippen LogP contribution in [0.25, 0.3) is 0 Å². The molecule has 1 aliphatic rings. The molecule has 0 bridgehead atoms. The van der Waals surface area contributed by atoms with Gasteiger partial charge in [0.05, 0.1) is 17.9 Å². The molecule has 1 aromatic rings. The number of aromatic nitrogens is 1. The van der Waals surface area contributed by atoms with Gasteiger partial charge < -0.3 is 10.4 Å². The number of nitrogens with one attached hydrogen (secondary N) is 1. The highest BCUT2D eigenvalue weighted by Crippen LogP contribution is 2.31. The van der Waals surface area contributed by atoms with Crippen molar-refractivity contribution < 1.29 is 14.7 Å². The molecule has 20 heavy (non-hydrogen) atoms. The maximum absolute atomic E-state index is 12.3. The van der Waals surface area contributed by atoms with Crippen molar-refractivity contribution in [3.05, 3.63) is 30.1 Å². The highest BCUT2D eigenvalue weighted by atomic mass is 16.4. The summed E-state index contributed by atoms with van der Waals surface area (Å²) in [7, 11) is 0. The molecular weight excluding hydrogens is 256 g/mol. The third-order valence-corrected chi connectivity index (χ3v) is 3.98. The van der Waals surface area contributed by atoms with E-state index in [0.717, 1.165) is 18.4 Å². The van der Waals surface area contributed by atoms with E-state index >= 15 is 0 Å². The van der Waals surface area contributed by atoms with Gasteiger partial charge >= 0.3 is 5.97 Å². The quantitative estimate of drug-likeness (QED) is 0.883. The van der Waals surface area contributed by atoms with Crippen molar-refractivity contribution in [3.8, 4) is 0 Å². The minimum absolute atomic E-state index is 0.137. The summed E-state index contributed by atoms with van der Waals surface area (Å²) in [5.74, 6) is -1.97. The van der Waals surface area contributed by atoms with E-state index in [1.54, 1.807) is 12.4 Å². The summed E-state index contributed by atoms with van der Waals surface area (Å²) in [6.45, 7) is 1.89.